The fourth-order valence-electron chi connectivity index (χ4n) is 0.705. The molecule has 0 rings (SSSR count). The number of hydrogen-bond donors (Lipinski definition) is 0. The first kappa shape index (κ1) is 15.4. The first-order valence-corrected chi connectivity index (χ1v) is 5.08. The van der Waals surface area contributed by atoms with Crippen LogP contribution in [0.2, 0.25) is 0 Å². The Bertz CT molecular complexity index is 255. The van der Waals surface area contributed by atoms with Crippen molar-refractivity contribution in [1.29, 1.82) is 0 Å². The third-order valence-corrected chi connectivity index (χ3v) is 1.58. The summed E-state index contributed by atoms with van der Waals surface area (Å²) in [6.45, 7) is 11.1. The third kappa shape index (κ3) is 7.61. The van der Waals surface area contributed by atoms with Crippen LogP contribution in [0, 0.1) is 11.8 Å². The van der Waals surface area contributed by atoms with E-state index in [0.29, 0.717) is 5.57 Å². The molecule has 0 saturated carbocycles. The monoisotopic (exact) mass is 196 g/mol. The maximum absolute atomic E-state index is 12.8. The molecule has 0 bridgehead atoms. The summed E-state index contributed by atoms with van der Waals surface area (Å²) < 4.78 is 12.8. The normalized spacial score (nSPS) is 11.8. The molecule has 0 aliphatic carbocycles. The van der Waals surface area contributed by atoms with E-state index in [2.05, 4.69) is 11.8 Å². The van der Waals surface area contributed by atoms with Gasteiger partial charge >= 0.3 is 0 Å². The lowest BCUT2D eigenvalue weighted by molar-refractivity contribution is 0.635. The molecule has 0 atom stereocenters. The quantitative estimate of drug-likeness (QED) is 0.446. The van der Waals surface area contributed by atoms with E-state index in [1.165, 1.54) is 6.92 Å². The topological polar surface area (TPSA) is 0 Å². The Morgan fingerprint density at radius 2 is 1.79 bits per heavy atom. The number of allylic oxidation sites excluding steroid dienone is 4. The van der Waals surface area contributed by atoms with E-state index in [1.807, 2.05) is 27.7 Å². The fourth-order valence-corrected chi connectivity index (χ4v) is 0.705. The lowest BCUT2D eigenvalue weighted by Gasteiger charge is -1.95. The Labute approximate surface area is 87.9 Å². The molecule has 0 aliphatic rings. The Morgan fingerprint density at radius 3 is 2.07 bits per heavy atom. The molecule has 0 N–H and O–H groups in total. The number of halogens is 1. The molecule has 0 aromatic heterocycles. The molecule has 0 heterocycles. The van der Waals surface area contributed by atoms with E-state index in [0.717, 1.165) is 12.0 Å². The minimum Gasteiger partial charge on any atom is -0.211 e. The first-order chi connectivity index (χ1) is 6.61. The van der Waals surface area contributed by atoms with E-state index in [1.54, 1.807) is 13.0 Å². The van der Waals surface area contributed by atoms with Crippen molar-refractivity contribution in [1.82, 2.24) is 0 Å². The van der Waals surface area contributed by atoms with Gasteiger partial charge in [-0.05, 0) is 33.3 Å². The Morgan fingerprint density at radius 1 is 1.29 bits per heavy atom. The summed E-state index contributed by atoms with van der Waals surface area (Å²) in [5.74, 6) is 5.20. The van der Waals surface area contributed by atoms with Gasteiger partial charge in [-0.1, -0.05) is 32.3 Å². The molecule has 0 fully saturated rings. The predicted octanol–water partition coefficient (Wildman–Crippen LogP) is 4.64. The third-order valence-electron chi connectivity index (χ3n) is 1.58. The smallest absolute Gasteiger partial charge is 0.112 e. The molecule has 80 valence electrons. The lowest BCUT2D eigenvalue weighted by Crippen LogP contribution is -1.79. The highest BCUT2D eigenvalue weighted by molar-refractivity contribution is 5.40. The van der Waals surface area contributed by atoms with Gasteiger partial charge in [-0.25, -0.2) is 4.39 Å². The number of rotatable bonds is 2. The van der Waals surface area contributed by atoms with Crippen molar-refractivity contribution >= 4 is 0 Å². The molecule has 0 aromatic carbocycles. The fraction of sp³-hybridized carbons (Fsp3) is 0.538. The molecule has 1 heteroatoms. The van der Waals surface area contributed by atoms with Crippen LogP contribution in [0.1, 0.15) is 48.0 Å². The van der Waals surface area contributed by atoms with Crippen LogP contribution in [0.5, 0.6) is 0 Å². The van der Waals surface area contributed by atoms with Gasteiger partial charge in [0.1, 0.15) is 5.83 Å². The van der Waals surface area contributed by atoms with Crippen molar-refractivity contribution < 1.29 is 4.39 Å². The van der Waals surface area contributed by atoms with Crippen LogP contribution in [0.25, 0.3) is 0 Å². The van der Waals surface area contributed by atoms with Crippen LogP contribution in [0.3, 0.4) is 0 Å². The molecule has 0 aliphatic heterocycles. The molecule has 0 saturated heterocycles. The van der Waals surface area contributed by atoms with Crippen LogP contribution in [-0.2, 0) is 0 Å². The minimum absolute atomic E-state index is 0.211. The van der Waals surface area contributed by atoms with Gasteiger partial charge in [0.2, 0.25) is 0 Å². The van der Waals surface area contributed by atoms with Gasteiger partial charge < -0.3 is 0 Å². The lowest BCUT2D eigenvalue weighted by atomic mass is 10.1. The van der Waals surface area contributed by atoms with Crippen LogP contribution < -0.4 is 0 Å². The first-order valence-electron chi connectivity index (χ1n) is 5.08. The molecule has 0 radical (unpaired) electrons. The van der Waals surface area contributed by atoms with Gasteiger partial charge in [0, 0.05) is 0 Å². The summed E-state index contributed by atoms with van der Waals surface area (Å²) in [4.78, 5) is 0. The number of hydrogen-bond acceptors (Lipinski definition) is 0. The predicted molar refractivity (Wildman–Crippen MR) is 62.7 cm³/mol. The molecule has 0 amide bonds. The highest BCUT2D eigenvalue weighted by Crippen LogP contribution is 2.10. The second kappa shape index (κ2) is 10.1. The van der Waals surface area contributed by atoms with Crippen LogP contribution in [-0.4, -0.2) is 0 Å². The van der Waals surface area contributed by atoms with E-state index in [-0.39, 0.29) is 5.83 Å². The van der Waals surface area contributed by atoms with Crippen molar-refractivity contribution in [2.45, 2.75) is 48.0 Å². The van der Waals surface area contributed by atoms with Crippen LogP contribution >= 0.6 is 0 Å². The molecular formula is C13H21F. The molecular weight excluding hydrogens is 175 g/mol. The molecule has 0 aromatic rings. The van der Waals surface area contributed by atoms with Gasteiger partial charge in [-0.2, -0.15) is 0 Å². The summed E-state index contributed by atoms with van der Waals surface area (Å²) in [6, 6.07) is 0. The molecule has 0 unspecified atom stereocenters. The zero-order valence-corrected chi connectivity index (χ0v) is 10.2. The van der Waals surface area contributed by atoms with Gasteiger partial charge in [0.05, 0.1) is 5.57 Å². The molecule has 0 spiro atoms. The summed E-state index contributed by atoms with van der Waals surface area (Å²) >= 11 is 0. The van der Waals surface area contributed by atoms with Gasteiger partial charge in [-0.3, -0.25) is 0 Å². The zero-order chi connectivity index (χ0) is 11.6. The van der Waals surface area contributed by atoms with E-state index in [4.69, 9.17) is 0 Å². The standard InChI is InChI=1S/C11H15F.C2H6/c1-5-7-11(10(4)12)8-9(3)6-2;1-2/h8H,6H2,1-4H3;1-2H3/b9-8+,11-10+;. The summed E-state index contributed by atoms with van der Waals surface area (Å²) in [6.07, 6.45) is 2.73. The van der Waals surface area contributed by atoms with Crippen LogP contribution in [0.4, 0.5) is 4.39 Å². The minimum atomic E-state index is -0.211. The van der Waals surface area contributed by atoms with Crippen molar-refractivity contribution in [3.63, 3.8) is 0 Å². The summed E-state index contributed by atoms with van der Waals surface area (Å²) in [5.41, 5.74) is 1.64. The Balaban J connectivity index is 0. The van der Waals surface area contributed by atoms with Gasteiger partial charge in [0.25, 0.3) is 0 Å². The Hall–Kier alpha value is -1.03. The SMILES string of the molecule is CC.CC#CC(/C=C(\C)CC)=C(/C)F. The highest BCUT2D eigenvalue weighted by Gasteiger charge is 1.94. The van der Waals surface area contributed by atoms with Crippen molar-refractivity contribution in [3.05, 3.63) is 23.0 Å². The summed E-state index contributed by atoms with van der Waals surface area (Å²) in [7, 11) is 0. The van der Waals surface area contributed by atoms with Crippen molar-refractivity contribution in [2.24, 2.45) is 0 Å². The Kier molecular flexibility index (Phi) is 11.1. The maximum Gasteiger partial charge on any atom is 0.112 e. The average molecular weight is 196 g/mol. The van der Waals surface area contributed by atoms with E-state index >= 15 is 0 Å². The van der Waals surface area contributed by atoms with Crippen molar-refractivity contribution in [2.75, 3.05) is 0 Å². The van der Waals surface area contributed by atoms with Gasteiger partial charge in [-0.15, -0.1) is 5.92 Å². The van der Waals surface area contributed by atoms with E-state index < -0.39 is 0 Å². The molecule has 14 heavy (non-hydrogen) atoms. The second-order valence-electron chi connectivity index (χ2n) is 2.67. The molecule has 0 nitrogen and oxygen atoms in total. The second-order valence-corrected chi connectivity index (χ2v) is 2.67. The summed E-state index contributed by atoms with van der Waals surface area (Å²) in [5, 5.41) is 0. The van der Waals surface area contributed by atoms with Crippen molar-refractivity contribution in [3.8, 4) is 11.8 Å². The van der Waals surface area contributed by atoms with Gasteiger partial charge in [0.15, 0.2) is 0 Å². The average Bonchev–Trinajstić information content (AvgIpc) is 2.19. The van der Waals surface area contributed by atoms with E-state index in [9.17, 15) is 4.39 Å². The maximum atomic E-state index is 12.8. The highest BCUT2D eigenvalue weighted by atomic mass is 19.1. The zero-order valence-electron chi connectivity index (χ0n) is 10.2. The van der Waals surface area contributed by atoms with Crippen LogP contribution in [0.15, 0.2) is 23.0 Å². The largest absolute Gasteiger partial charge is 0.211 e.